The molecule has 1 fully saturated rings. The van der Waals surface area contributed by atoms with E-state index >= 15 is 0 Å². The number of rotatable bonds is 7. The van der Waals surface area contributed by atoms with Gasteiger partial charge in [0.15, 0.2) is 26.9 Å². The average molecular weight is 556 g/mol. The lowest BCUT2D eigenvalue weighted by atomic mass is 9.85. The third kappa shape index (κ3) is 7.11. The summed E-state index contributed by atoms with van der Waals surface area (Å²) < 4.78 is 39.8. The van der Waals surface area contributed by atoms with Crippen LogP contribution in [-0.4, -0.2) is 18.2 Å². The molecule has 0 radical (unpaired) electrons. The Balaban J connectivity index is 1.28. The molecule has 3 nitrogen and oxygen atoms in total. The molecule has 4 aromatic carbocycles. The van der Waals surface area contributed by atoms with Crippen molar-refractivity contribution in [1.82, 2.24) is 0 Å². The molecule has 1 saturated carbocycles. The lowest BCUT2D eigenvalue weighted by Crippen LogP contribution is -2.37. The van der Waals surface area contributed by atoms with E-state index in [9.17, 15) is 13.6 Å². The summed E-state index contributed by atoms with van der Waals surface area (Å²) >= 11 is 0. The van der Waals surface area contributed by atoms with Crippen LogP contribution < -0.4 is 4.74 Å². The van der Waals surface area contributed by atoms with Gasteiger partial charge in [-0.15, -0.1) is 0 Å². The first kappa shape index (κ1) is 27.5. The van der Waals surface area contributed by atoms with Crippen molar-refractivity contribution >= 4 is 16.9 Å². The second-order valence-electron chi connectivity index (χ2n) is 9.63. The van der Waals surface area contributed by atoms with Gasteiger partial charge in [0.1, 0.15) is 17.4 Å². The number of carbonyl (C=O) groups is 1. The highest BCUT2D eigenvalue weighted by atomic mass is 32.2. The first-order chi connectivity index (χ1) is 19.5. The van der Waals surface area contributed by atoms with E-state index < -0.39 is 34.1 Å². The molecule has 40 heavy (non-hydrogen) atoms. The zero-order valence-electron chi connectivity index (χ0n) is 21.9. The van der Waals surface area contributed by atoms with Crippen molar-refractivity contribution < 1.29 is 23.0 Å². The maximum Gasteiger partial charge on any atom is 0.345 e. The van der Waals surface area contributed by atoms with Crippen LogP contribution in [-0.2, 0) is 20.4 Å². The minimum absolute atomic E-state index is 0.242. The highest BCUT2D eigenvalue weighted by Crippen LogP contribution is 2.34. The maximum absolute atomic E-state index is 14.1. The van der Waals surface area contributed by atoms with Crippen molar-refractivity contribution in [3.05, 3.63) is 120 Å². The topological polar surface area (TPSA) is 35.5 Å². The second kappa shape index (κ2) is 12.8. The standard InChI is InChI=1S/C34H29F2O3S/c35-27-22-28(36)24-32(23-27)40(30-12-6-2-7-13-30)31-16-14-29(15-17-31)38-25-33(37)39-34(19-8-3-9-20-34)21-18-26-10-4-1-5-11-26/h1-2,4-7,10-17,22-24H,3,8-9,19-20,25H2/q+1. The van der Waals surface area contributed by atoms with Crippen LogP contribution >= 0.6 is 0 Å². The van der Waals surface area contributed by atoms with Crippen LogP contribution in [0.4, 0.5) is 8.78 Å². The first-order valence-electron chi connectivity index (χ1n) is 13.3. The highest BCUT2D eigenvalue weighted by molar-refractivity contribution is 7.97. The van der Waals surface area contributed by atoms with Gasteiger partial charge in [-0.3, -0.25) is 0 Å². The molecule has 202 valence electrons. The molecule has 1 atom stereocenters. The van der Waals surface area contributed by atoms with E-state index in [4.69, 9.17) is 9.47 Å². The highest BCUT2D eigenvalue weighted by Gasteiger charge is 2.34. The minimum atomic E-state index is -0.803. The lowest BCUT2D eigenvalue weighted by molar-refractivity contribution is -0.159. The zero-order valence-corrected chi connectivity index (χ0v) is 22.8. The van der Waals surface area contributed by atoms with Crippen LogP contribution in [0.5, 0.6) is 5.75 Å². The van der Waals surface area contributed by atoms with Gasteiger partial charge in [0.2, 0.25) is 0 Å². The van der Waals surface area contributed by atoms with Crippen molar-refractivity contribution in [2.24, 2.45) is 0 Å². The fourth-order valence-corrected chi connectivity index (χ4v) is 6.87. The number of hydrogen-bond donors (Lipinski definition) is 0. The molecule has 0 N–H and O–H groups in total. The molecule has 1 aliphatic carbocycles. The quantitative estimate of drug-likeness (QED) is 0.133. The van der Waals surface area contributed by atoms with Gasteiger partial charge in [0.05, 0.1) is 10.9 Å². The second-order valence-corrected chi connectivity index (χ2v) is 11.7. The van der Waals surface area contributed by atoms with E-state index in [1.54, 1.807) is 12.1 Å². The summed E-state index contributed by atoms with van der Waals surface area (Å²) in [7, 11) is -0.728. The van der Waals surface area contributed by atoms with Crippen molar-refractivity contribution in [2.45, 2.75) is 52.4 Å². The first-order valence-corrected chi connectivity index (χ1v) is 14.5. The number of hydrogen-bond acceptors (Lipinski definition) is 3. The number of esters is 1. The van der Waals surface area contributed by atoms with E-state index in [0.717, 1.165) is 40.7 Å². The van der Waals surface area contributed by atoms with Gasteiger partial charge < -0.3 is 9.47 Å². The maximum atomic E-state index is 14.1. The molecular weight excluding hydrogens is 526 g/mol. The third-order valence-corrected chi connectivity index (χ3v) is 8.84. The van der Waals surface area contributed by atoms with Gasteiger partial charge in [-0.2, -0.15) is 0 Å². The zero-order chi connectivity index (χ0) is 27.8. The van der Waals surface area contributed by atoms with Crippen LogP contribution in [0, 0.1) is 23.5 Å². The molecule has 0 saturated heterocycles. The monoisotopic (exact) mass is 555 g/mol. The number of ether oxygens (including phenoxy) is 2. The predicted molar refractivity (Wildman–Crippen MR) is 152 cm³/mol. The number of benzene rings is 4. The van der Waals surface area contributed by atoms with Crippen LogP contribution in [0.15, 0.2) is 118 Å². The van der Waals surface area contributed by atoms with Gasteiger partial charge >= 0.3 is 5.97 Å². The lowest BCUT2D eigenvalue weighted by Gasteiger charge is -2.32. The molecule has 6 heteroatoms. The van der Waals surface area contributed by atoms with E-state index in [1.165, 1.54) is 12.1 Å². The Morgan fingerprint density at radius 3 is 2.00 bits per heavy atom. The summed E-state index contributed by atoms with van der Waals surface area (Å²) in [5.74, 6) is 5.20. The fraction of sp³-hybridized carbons (Fsp3) is 0.206. The average Bonchev–Trinajstić information content (AvgIpc) is 2.97. The summed E-state index contributed by atoms with van der Waals surface area (Å²) in [6, 6.07) is 30.1. The van der Waals surface area contributed by atoms with Crippen LogP contribution in [0.2, 0.25) is 0 Å². The Kier molecular flexibility index (Phi) is 8.83. The van der Waals surface area contributed by atoms with Gasteiger partial charge in [-0.05, 0) is 80.1 Å². The molecule has 0 aromatic heterocycles. The normalized spacial score (nSPS) is 14.8. The minimum Gasteiger partial charge on any atom is -0.482 e. The predicted octanol–water partition coefficient (Wildman–Crippen LogP) is 7.74. The van der Waals surface area contributed by atoms with Crippen LogP contribution in [0.25, 0.3) is 0 Å². The molecule has 0 spiro atoms. The smallest absolute Gasteiger partial charge is 0.345 e. The van der Waals surface area contributed by atoms with Crippen molar-refractivity contribution in [3.8, 4) is 17.6 Å². The number of carbonyl (C=O) groups excluding carboxylic acids is 1. The van der Waals surface area contributed by atoms with Gasteiger partial charge in [0, 0.05) is 23.8 Å². The van der Waals surface area contributed by atoms with Crippen molar-refractivity contribution in [3.63, 3.8) is 0 Å². The molecule has 0 bridgehead atoms. The largest absolute Gasteiger partial charge is 0.482 e. The Labute approximate surface area is 236 Å². The summed E-state index contributed by atoms with van der Waals surface area (Å²) in [4.78, 5) is 15.2. The molecule has 0 heterocycles. The molecule has 1 unspecified atom stereocenters. The number of halogens is 2. The third-order valence-electron chi connectivity index (χ3n) is 6.65. The molecule has 5 rings (SSSR count). The Bertz CT molecular complexity index is 1470. The van der Waals surface area contributed by atoms with Crippen LogP contribution in [0.3, 0.4) is 0 Å². The van der Waals surface area contributed by atoms with Gasteiger partial charge in [-0.1, -0.05) is 48.7 Å². The van der Waals surface area contributed by atoms with E-state index in [-0.39, 0.29) is 6.61 Å². The summed E-state index contributed by atoms with van der Waals surface area (Å²) in [5, 5.41) is 0. The molecule has 0 amide bonds. The Morgan fingerprint density at radius 2 is 1.35 bits per heavy atom. The Hall–Kier alpha value is -4.08. The molecule has 1 aliphatic rings. The van der Waals surface area contributed by atoms with E-state index in [1.807, 2.05) is 72.8 Å². The SMILES string of the molecule is O=C(COc1ccc([S+](c2ccccc2)c2cc(F)cc(F)c2)cc1)OC1(C#Cc2ccccc2)CCCCC1. The van der Waals surface area contributed by atoms with Gasteiger partial charge in [-0.25, -0.2) is 13.6 Å². The molecular formula is C34H29F2O3S+. The molecule has 0 aliphatic heterocycles. The summed E-state index contributed by atoms with van der Waals surface area (Å²) in [6.45, 7) is -0.242. The molecule has 4 aromatic rings. The van der Waals surface area contributed by atoms with E-state index in [2.05, 4.69) is 11.8 Å². The fourth-order valence-electron chi connectivity index (χ4n) is 4.76. The van der Waals surface area contributed by atoms with Crippen molar-refractivity contribution in [2.75, 3.05) is 6.61 Å². The van der Waals surface area contributed by atoms with Gasteiger partial charge in [0.25, 0.3) is 0 Å². The van der Waals surface area contributed by atoms with Crippen LogP contribution in [0.1, 0.15) is 37.7 Å². The van der Waals surface area contributed by atoms with Crippen molar-refractivity contribution in [1.29, 1.82) is 0 Å². The van der Waals surface area contributed by atoms with E-state index in [0.29, 0.717) is 23.5 Å². The summed E-state index contributed by atoms with van der Waals surface area (Å²) in [5.41, 5.74) is 0.0816. The summed E-state index contributed by atoms with van der Waals surface area (Å²) in [6.07, 6.45) is 4.42. The Morgan fingerprint density at radius 1 is 0.750 bits per heavy atom.